The molecule has 0 bridgehead atoms. The third kappa shape index (κ3) is 4.29. The highest BCUT2D eigenvalue weighted by Gasteiger charge is 2.69. The van der Waals surface area contributed by atoms with Gasteiger partial charge in [0.05, 0.1) is 12.2 Å². The first-order valence-electron chi connectivity index (χ1n) is 15.8. The van der Waals surface area contributed by atoms with E-state index in [1.807, 2.05) is 13.8 Å². The largest absolute Gasteiger partial charge is 0.462 e. The van der Waals surface area contributed by atoms with Crippen LogP contribution in [-0.4, -0.2) is 53.5 Å². The van der Waals surface area contributed by atoms with Crippen LogP contribution in [0, 0.1) is 45.3 Å². The molecule has 0 amide bonds. The van der Waals surface area contributed by atoms with Crippen molar-refractivity contribution in [1.82, 2.24) is 0 Å². The smallest absolute Gasteiger partial charge is 0.302 e. The monoisotopic (exact) mass is 558 g/mol. The van der Waals surface area contributed by atoms with Gasteiger partial charge in [-0.1, -0.05) is 52.8 Å². The molecule has 0 aromatic heterocycles. The zero-order chi connectivity index (χ0) is 29.4. The first-order valence-corrected chi connectivity index (χ1v) is 15.8. The van der Waals surface area contributed by atoms with Gasteiger partial charge in [0.1, 0.15) is 12.2 Å². The van der Waals surface area contributed by atoms with Crippen LogP contribution in [-0.2, 0) is 19.0 Å². The Morgan fingerprint density at radius 1 is 1.12 bits per heavy atom. The summed E-state index contributed by atoms with van der Waals surface area (Å²) in [6.45, 7) is 21.6. The predicted octanol–water partition coefficient (Wildman–Crippen LogP) is 6.20. The van der Waals surface area contributed by atoms with Crippen LogP contribution in [0.4, 0.5) is 0 Å². The van der Waals surface area contributed by atoms with Crippen molar-refractivity contribution in [1.29, 1.82) is 0 Å². The molecular weight excluding hydrogens is 504 g/mol. The second kappa shape index (κ2) is 10.2. The molecule has 1 saturated heterocycles. The van der Waals surface area contributed by atoms with Gasteiger partial charge >= 0.3 is 5.97 Å². The number of ether oxygens (including phenoxy) is 3. The maximum absolute atomic E-state index is 12.1. The van der Waals surface area contributed by atoms with Gasteiger partial charge in [0, 0.05) is 30.3 Å². The Bertz CT molecular complexity index is 1050. The molecule has 4 aliphatic carbocycles. The molecule has 226 valence electrons. The average Bonchev–Trinajstić information content (AvgIpc) is 3.43. The van der Waals surface area contributed by atoms with Crippen molar-refractivity contribution < 1.29 is 29.2 Å². The van der Waals surface area contributed by atoms with Crippen molar-refractivity contribution in [3.05, 3.63) is 23.8 Å². The predicted molar refractivity (Wildman–Crippen MR) is 155 cm³/mol. The Morgan fingerprint density at radius 2 is 1.82 bits per heavy atom. The van der Waals surface area contributed by atoms with Gasteiger partial charge in [-0.15, -0.1) is 0 Å². The lowest BCUT2D eigenvalue weighted by molar-refractivity contribution is -0.221. The minimum absolute atomic E-state index is 0.0493. The second-order valence-corrected chi connectivity index (χ2v) is 15.2. The van der Waals surface area contributed by atoms with Gasteiger partial charge in [-0.2, -0.15) is 0 Å². The summed E-state index contributed by atoms with van der Waals surface area (Å²) in [6.07, 6.45) is 7.07. The summed E-state index contributed by atoms with van der Waals surface area (Å²) in [5.74, 6) is 0.957. The third-order valence-electron chi connectivity index (χ3n) is 12.9. The lowest BCUT2D eigenvalue weighted by Gasteiger charge is -2.68. The van der Waals surface area contributed by atoms with E-state index < -0.39 is 12.2 Å². The SMILES string of the molecule is C=C(C)[C@@H](O)[C@H]1C[C@@H]([C@H]2CC=C3[C@]4(C)[C@H](O)C[C@H]5C(C)(C)[C@H](OC(C)=O)CC[C@]5(C)[C@H]4CC[C@]32C)[C@H](OCC)O1. The van der Waals surface area contributed by atoms with Crippen LogP contribution in [0.1, 0.15) is 100 Å². The summed E-state index contributed by atoms with van der Waals surface area (Å²) in [7, 11) is 0. The van der Waals surface area contributed by atoms with E-state index in [9.17, 15) is 15.0 Å². The molecule has 4 fully saturated rings. The molecular formula is C34H54O6. The molecule has 1 heterocycles. The summed E-state index contributed by atoms with van der Waals surface area (Å²) in [4.78, 5) is 11.9. The highest BCUT2D eigenvalue weighted by molar-refractivity contribution is 5.66. The number of hydrogen-bond acceptors (Lipinski definition) is 6. The Labute approximate surface area is 241 Å². The quantitative estimate of drug-likeness (QED) is 0.298. The molecule has 0 unspecified atom stereocenters. The summed E-state index contributed by atoms with van der Waals surface area (Å²) >= 11 is 0. The lowest BCUT2D eigenvalue weighted by atomic mass is 9.37. The first-order chi connectivity index (χ1) is 18.6. The average molecular weight is 559 g/mol. The van der Waals surface area contributed by atoms with E-state index in [4.69, 9.17) is 14.2 Å². The van der Waals surface area contributed by atoms with Crippen LogP contribution < -0.4 is 0 Å². The van der Waals surface area contributed by atoms with Crippen molar-refractivity contribution in [3.8, 4) is 0 Å². The number of aliphatic hydroxyl groups excluding tert-OH is 2. The summed E-state index contributed by atoms with van der Waals surface area (Å²) in [5.41, 5.74) is 1.69. The fraction of sp³-hybridized carbons (Fsp3) is 0.853. The van der Waals surface area contributed by atoms with Gasteiger partial charge in [-0.3, -0.25) is 4.79 Å². The number of aliphatic hydroxyl groups is 2. The number of esters is 1. The number of rotatable bonds is 6. The van der Waals surface area contributed by atoms with Crippen molar-refractivity contribution >= 4 is 5.97 Å². The molecule has 2 N–H and O–H groups in total. The van der Waals surface area contributed by atoms with E-state index >= 15 is 0 Å². The van der Waals surface area contributed by atoms with Gasteiger partial charge in [0.2, 0.25) is 0 Å². The molecule has 3 saturated carbocycles. The molecule has 1 aliphatic heterocycles. The van der Waals surface area contributed by atoms with Gasteiger partial charge in [0.25, 0.3) is 0 Å². The summed E-state index contributed by atoms with van der Waals surface area (Å²) < 4.78 is 18.3. The zero-order valence-electron chi connectivity index (χ0n) is 26.2. The summed E-state index contributed by atoms with van der Waals surface area (Å²) in [6, 6.07) is 0. The fourth-order valence-corrected chi connectivity index (χ4v) is 10.9. The highest BCUT2D eigenvalue weighted by atomic mass is 16.7. The van der Waals surface area contributed by atoms with Crippen molar-refractivity contribution in [2.75, 3.05) is 6.61 Å². The summed E-state index contributed by atoms with van der Waals surface area (Å²) in [5, 5.41) is 22.9. The first kappa shape index (κ1) is 30.3. The molecule has 12 atom stereocenters. The Morgan fingerprint density at radius 3 is 2.45 bits per heavy atom. The fourth-order valence-electron chi connectivity index (χ4n) is 10.9. The van der Waals surface area contributed by atoms with E-state index in [-0.39, 0.29) is 58.0 Å². The molecule has 6 heteroatoms. The molecule has 0 aromatic rings. The van der Waals surface area contributed by atoms with Gasteiger partial charge in [0.15, 0.2) is 6.29 Å². The van der Waals surface area contributed by atoms with E-state index in [0.717, 1.165) is 50.5 Å². The standard InChI is InChI=1S/C34H54O6/c1-10-38-30-21(17-23(40-30)29(37)19(2)3)22-11-12-24-32(22,7)15-13-25-33(8)16-14-28(39-20(4)35)31(5,6)26(33)18-27(36)34(24,25)9/h12,21-23,25-30,36-37H,2,10-11,13-18H2,1,3-9H3/t21-,22+,23+,25+,26-,27+,28+,29+,30+,32-,33+,34-/m0/s1. The van der Waals surface area contributed by atoms with Crippen LogP contribution in [0.15, 0.2) is 23.8 Å². The van der Waals surface area contributed by atoms with Crippen LogP contribution >= 0.6 is 0 Å². The Kier molecular flexibility index (Phi) is 7.72. The van der Waals surface area contributed by atoms with Crippen LogP contribution in [0.3, 0.4) is 0 Å². The number of carbonyl (C=O) groups excluding carboxylic acids is 1. The number of allylic oxidation sites excluding steroid dienone is 1. The number of carbonyl (C=O) groups is 1. The van der Waals surface area contributed by atoms with Crippen molar-refractivity contribution in [3.63, 3.8) is 0 Å². The number of hydrogen-bond donors (Lipinski definition) is 2. The second-order valence-electron chi connectivity index (χ2n) is 15.2. The normalized spacial score (nSPS) is 48.4. The van der Waals surface area contributed by atoms with Gasteiger partial charge in [-0.25, -0.2) is 0 Å². The molecule has 0 radical (unpaired) electrons. The minimum atomic E-state index is -0.689. The molecule has 5 rings (SSSR count). The van der Waals surface area contributed by atoms with E-state index in [2.05, 4.69) is 47.3 Å². The highest BCUT2D eigenvalue weighted by Crippen LogP contribution is 2.73. The van der Waals surface area contributed by atoms with E-state index in [0.29, 0.717) is 18.4 Å². The third-order valence-corrected chi connectivity index (χ3v) is 12.9. The van der Waals surface area contributed by atoms with Crippen LogP contribution in [0.5, 0.6) is 0 Å². The van der Waals surface area contributed by atoms with Crippen molar-refractivity contribution in [2.45, 2.75) is 131 Å². The topological polar surface area (TPSA) is 85.2 Å². The van der Waals surface area contributed by atoms with Gasteiger partial charge < -0.3 is 24.4 Å². The Hall–Kier alpha value is -1.21. The van der Waals surface area contributed by atoms with Crippen LogP contribution in [0.25, 0.3) is 0 Å². The maximum Gasteiger partial charge on any atom is 0.302 e. The van der Waals surface area contributed by atoms with Gasteiger partial charge in [-0.05, 0) is 93.0 Å². The molecule has 5 aliphatic rings. The van der Waals surface area contributed by atoms with Crippen molar-refractivity contribution in [2.24, 2.45) is 45.3 Å². The van der Waals surface area contributed by atoms with Crippen LogP contribution in [0.2, 0.25) is 0 Å². The molecule has 0 aromatic carbocycles. The molecule has 0 spiro atoms. The number of fused-ring (bicyclic) bond motifs is 5. The molecule has 6 nitrogen and oxygen atoms in total. The van der Waals surface area contributed by atoms with E-state index in [1.54, 1.807) is 0 Å². The van der Waals surface area contributed by atoms with E-state index in [1.165, 1.54) is 12.5 Å². The molecule has 40 heavy (non-hydrogen) atoms. The maximum atomic E-state index is 12.1. The lowest BCUT2D eigenvalue weighted by Crippen LogP contribution is -2.65. The zero-order valence-corrected chi connectivity index (χ0v) is 26.2. The minimum Gasteiger partial charge on any atom is -0.462 e. The Balaban J connectivity index is 1.44.